The molecule has 5 heteroatoms. The zero-order valence-corrected chi connectivity index (χ0v) is 14.4. The monoisotopic (exact) mass is 355 g/mol. The van der Waals surface area contributed by atoms with Crippen LogP contribution in [0.2, 0.25) is 5.02 Å². The summed E-state index contributed by atoms with van der Waals surface area (Å²) < 4.78 is 10.6. The number of fused-ring (bicyclic) bond motifs is 2. The number of rotatable bonds is 3. The van der Waals surface area contributed by atoms with Gasteiger partial charge in [0.25, 0.3) is 0 Å². The standard InChI is InChI=1S/C20H18ClNO3/c21-16-10-13(11-18-20(16)25-12-24-18)8-9-19(23)22-17-7-3-5-14-4-1-2-6-15(14)17/h1-2,4,6,8-11,17H,3,5,7,12H2,(H,22,23). The average molecular weight is 356 g/mol. The first-order valence-corrected chi connectivity index (χ1v) is 8.74. The molecule has 1 heterocycles. The number of nitrogens with one attached hydrogen (secondary N) is 1. The lowest BCUT2D eigenvalue weighted by Crippen LogP contribution is -2.29. The van der Waals surface area contributed by atoms with Crippen molar-refractivity contribution in [3.8, 4) is 11.5 Å². The predicted octanol–water partition coefficient (Wildman–Crippen LogP) is 4.28. The Morgan fingerprint density at radius 2 is 2.12 bits per heavy atom. The van der Waals surface area contributed by atoms with E-state index in [0.717, 1.165) is 24.8 Å². The molecule has 25 heavy (non-hydrogen) atoms. The van der Waals surface area contributed by atoms with Crippen LogP contribution in [0.15, 0.2) is 42.5 Å². The smallest absolute Gasteiger partial charge is 0.244 e. The van der Waals surface area contributed by atoms with Crippen molar-refractivity contribution in [1.29, 1.82) is 0 Å². The Kier molecular flexibility index (Phi) is 4.36. The molecule has 0 aromatic heterocycles. The first kappa shape index (κ1) is 16.0. The minimum Gasteiger partial charge on any atom is -0.454 e. The predicted molar refractivity (Wildman–Crippen MR) is 96.9 cm³/mol. The van der Waals surface area contributed by atoms with E-state index in [1.54, 1.807) is 12.1 Å². The molecule has 1 unspecified atom stereocenters. The van der Waals surface area contributed by atoms with E-state index < -0.39 is 0 Å². The van der Waals surface area contributed by atoms with Crippen molar-refractivity contribution in [3.63, 3.8) is 0 Å². The molecular formula is C20H18ClNO3. The number of carbonyl (C=O) groups excluding carboxylic acids is 1. The van der Waals surface area contributed by atoms with Gasteiger partial charge in [-0.1, -0.05) is 35.9 Å². The Labute approximate surface area is 151 Å². The van der Waals surface area contributed by atoms with Crippen molar-refractivity contribution < 1.29 is 14.3 Å². The summed E-state index contributed by atoms with van der Waals surface area (Å²) in [6, 6.07) is 11.9. The summed E-state index contributed by atoms with van der Waals surface area (Å²) in [6.07, 6.45) is 6.40. The van der Waals surface area contributed by atoms with Gasteiger partial charge in [0.05, 0.1) is 11.1 Å². The minimum atomic E-state index is -0.115. The van der Waals surface area contributed by atoms with Gasteiger partial charge in [-0.15, -0.1) is 0 Å². The van der Waals surface area contributed by atoms with Crippen molar-refractivity contribution in [2.45, 2.75) is 25.3 Å². The highest BCUT2D eigenvalue weighted by molar-refractivity contribution is 6.32. The van der Waals surface area contributed by atoms with E-state index in [1.807, 2.05) is 18.2 Å². The topological polar surface area (TPSA) is 47.6 Å². The zero-order chi connectivity index (χ0) is 17.2. The van der Waals surface area contributed by atoms with Crippen LogP contribution in [0.1, 0.15) is 35.6 Å². The molecule has 2 aromatic carbocycles. The summed E-state index contributed by atoms with van der Waals surface area (Å²) in [5, 5.41) is 3.58. The average Bonchev–Trinajstić information content (AvgIpc) is 3.10. The zero-order valence-electron chi connectivity index (χ0n) is 13.6. The molecule has 1 aliphatic carbocycles. The molecule has 0 bridgehead atoms. The second-order valence-electron chi connectivity index (χ2n) is 6.22. The Morgan fingerprint density at radius 1 is 1.24 bits per heavy atom. The van der Waals surface area contributed by atoms with Crippen molar-refractivity contribution in [3.05, 3.63) is 64.2 Å². The molecule has 2 aromatic rings. The normalized spacial score (nSPS) is 18.2. The van der Waals surface area contributed by atoms with Crippen LogP contribution in [0.3, 0.4) is 0 Å². The van der Waals surface area contributed by atoms with Gasteiger partial charge in [0, 0.05) is 6.08 Å². The molecule has 0 saturated heterocycles. The number of aryl methyl sites for hydroxylation is 1. The Balaban J connectivity index is 1.46. The third-order valence-corrected chi connectivity index (χ3v) is 4.84. The van der Waals surface area contributed by atoms with E-state index in [4.69, 9.17) is 21.1 Å². The maximum Gasteiger partial charge on any atom is 0.244 e. The summed E-state index contributed by atoms with van der Waals surface area (Å²) in [5.41, 5.74) is 3.35. The lowest BCUT2D eigenvalue weighted by molar-refractivity contribution is -0.117. The number of amides is 1. The van der Waals surface area contributed by atoms with Gasteiger partial charge in [0.1, 0.15) is 0 Å². The highest BCUT2D eigenvalue weighted by Gasteiger charge is 2.21. The van der Waals surface area contributed by atoms with Crippen LogP contribution in [0.4, 0.5) is 0 Å². The van der Waals surface area contributed by atoms with Gasteiger partial charge in [-0.25, -0.2) is 0 Å². The van der Waals surface area contributed by atoms with Crippen LogP contribution in [0.25, 0.3) is 6.08 Å². The second-order valence-corrected chi connectivity index (χ2v) is 6.63. The number of ether oxygens (including phenoxy) is 2. The molecule has 0 saturated carbocycles. The molecule has 0 fully saturated rings. The van der Waals surface area contributed by atoms with E-state index in [-0.39, 0.29) is 18.7 Å². The first-order valence-electron chi connectivity index (χ1n) is 8.36. The number of hydrogen-bond donors (Lipinski definition) is 1. The number of benzene rings is 2. The van der Waals surface area contributed by atoms with E-state index >= 15 is 0 Å². The third-order valence-electron chi connectivity index (χ3n) is 4.56. The quantitative estimate of drug-likeness (QED) is 0.836. The van der Waals surface area contributed by atoms with Crippen LogP contribution in [-0.4, -0.2) is 12.7 Å². The van der Waals surface area contributed by atoms with Crippen molar-refractivity contribution in [1.82, 2.24) is 5.32 Å². The molecule has 4 rings (SSSR count). The molecule has 1 aliphatic heterocycles. The van der Waals surface area contributed by atoms with Crippen LogP contribution in [0, 0.1) is 0 Å². The maximum absolute atomic E-state index is 12.3. The SMILES string of the molecule is O=C(C=Cc1cc(Cl)c2c(c1)OCO2)NC1CCCc2ccccc21. The third kappa shape index (κ3) is 3.35. The van der Waals surface area contributed by atoms with Gasteiger partial charge in [0.15, 0.2) is 11.5 Å². The number of halogens is 1. The summed E-state index contributed by atoms with van der Waals surface area (Å²) in [5.74, 6) is 1.05. The summed E-state index contributed by atoms with van der Waals surface area (Å²) >= 11 is 6.16. The van der Waals surface area contributed by atoms with Gasteiger partial charge in [-0.2, -0.15) is 0 Å². The molecule has 1 N–H and O–H groups in total. The van der Waals surface area contributed by atoms with Crippen LogP contribution in [-0.2, 0) is 11.2 Å². The summed E-state index contributed by atoms with van der Waals surface area (Å²) in [7, 11) is 0. The maximum atomic E-state index is 12.3. The minimum absolute atomic E-state index is 0.0717. The fourth-order valence-corrected chi connectivity index (χ4v) is 3.65. The molecule has 0 spiro atoms. The molecule has 4 nitrogen and oxygen atoms in total. The second kappa shape index (κ2) is 6.81. The van der Waals surface area contributed by atoms with E-state index in [2.05, 4.69) is 17.4 Å². The molecule has 1 amide bonds. The van der Waals surface area contributed by atoms with E-state index in [1.165, 1.54) is 17.2 Å². The highest BCUT2D eigenvalue weighted by atomic mass is 35.5. The van der Waals surface area contributed by atoms with Crippen LogP contribution >= 0.6 is 11.6 Å². The van der Waals surface area contributed by atoms with Crippen molar-refractivity contribution in [2.75, 3.05) is 6.79 Å². The number of hydrogen-bond acceptors (Lipinski definition) is 3. The molecule has 1 atom stereocenters. The van der Waals surface area contributed by atoms with Gasteiger partial charge in [-0.05, 0) is 54.2 Å². The Bertz CT molecular complexity index is 847. The Hall–Kier alpha value is -2.46. The first-order chi connectivity index (χ1) is 12.2. The van der Waals surface area contributed by atoms with Crippen molar-refractivity contribution >= 4 is 23.6 Å². The largest absolute Gasteiger partial charge is 0.454 e. The van der Waals surface area contributed by atoms with E-state index in [0.29, 0.717) is 16.5 Å². The molecule has 128 valence electrons. The van der Waals surface area contributed by atoms with E-state index in [9.17, 15) is 4.79 Å². The lowest BCUT2D eigenvalue weighted by atomic mass is 9.88. The van der Waals surface area contributed by atoms with Crippen molar-refractivity contribution in [2.24, 2.45) is 0 Å². The van der Waals surface area contributed by atoms with Crippen LogP contribution < -0.4 is 14.8 Å². The fraction of sp³-hybridized carbons (Fsp3) is 0.250. The van der Waals surface area contributed by atoms with Crippen LogP contribution in [0.5, 0.6) is 11.5 Å². The molecule has 2 aliphatic rings. The summed E-state index contributed by atoms with van der Waals surface area (Å²) in [6.45, 7) is 0.170. The van der Waals surface area contributed by atoms with Gasteiger partial charge in [-0.3, -0.25) is 4.79 Å². The van der Waals surface area contributed by atoms with Gasteiger partial charge in [0.2, 0.25) is 12.7 Å². The summed E-state index contributed by atoms with van der Waals surface area (Å²) in [4.78, 5) is 12.3. The lowest BCUT2D eigenvalue weighted by Gasteiger charge is -2.25. The fourth-order valence-electron chi connectivity index (χ4n) is 3.38. The van der Waals surface area contributed by atoms with Gasteiger partial charge >= 0.3 is 0 Å². The molecule has 0 radical (unpaired) electrons. The molecular weight excluding hydrogens is 338 g/mol. The Morgan fingerprint density at radius 3 is 3.04 bits per heavy atom. The van der Waals surface area contributed by atoms with Gasteiger partial charge < -0.3 is 14.8 Å². The number of carbonyl (C=O) groups is 1. The highest BCUT2D eigenvalue weighted by Crippen LogP contribution is 2.40.